The van der Waals surface area contributed by atoms with Crippen molar-refractivity contribution in [3.05, 3.63) is 34.1 Å². The van der Waals surface area contributed by atoms with Crippen molar-refractivity contribution in [2.75, 3.05) is 7.11 Å². The molecule has 0 heterocycles. The van der Waals surface area contributed by atoms with Gasteiger partial charge in [-0.15, -0.1) is 0 Å². The number of oxime groups is 1. The van der Waals surface area contributed by atoms with Crippen molar-refractivity contribution in [1.29, 1.82) is 0 Å². The Kier molecular flexibility index (Phi) is 3.89. The molecule has 70 valence electrons. The summed E-state index contributed by atoms with van der Waals surface area (Å²) in [5.41, 5.74) is 0.601. The zero-order valence-electron chi connectivity index (χ0n) is 7.13. The third-order valence-electron chi connectivity index (χ3n) is 1.51. The van der Waals surface area contributed by atoms with E-state index in [4.69, 9.17) is 0 Å². The maximum absolute atomic E-state index is 13.1. The molecule has 0 aliphatic rings. The predicted molar refractivity (Wildman–Crippen MR) is 53.3 cm³/mol. The van der Waals surface area contributed by atoms with Gasteiger partial charge < -0.3 is 4.84 Å². The zero-order chi connectivity index (χ0) is 9.68. The first-order valence-corrected chi connectivity index (χ1v) is 4.52. The lowest BCUT2D eigenvalue weighted by atomic mass is 10.1. The Morgan fingerprint density at radius 3 is 3.00 bits per heavy atom. The number of halogens is 2. The molecule has 0 atom stereocenters. The lowest BCUT2D eigenvalue weighted by molar-refractivity contribution is 0.214. The second-order valence-corrected chi connectivity index (χ2v) is 3.33. The molecule has 0 fully saturated rings. The fourth-order valence-electron chi connectivity index (χ4n) is 0.897. The highest BCUT2D eigenvalue weighted by molar-refractivity contribution is 9.10. The lowest BCUT2D eigenvalue weighted by Crippen LogP contribution is -1.91. The SMILES string of the molecule is CON=CCc1ccc(Br)cc1F. The van der Waals surface area contributed by atoms with Crippen LogP contribution in [0.2, 0.25) is 0 Å². The molecule has 0 bridgehead atoms. The maximum Gasteiger partial charge on any atom is 0.127 e. The molecule has 0 saturated heterocycles. The average Bonchev–Trinajstić information content (AvgIpc) is 2.09. The summed E-state index contributed by atoms with van der Waals surface area (Å²) in [6, 6.07) is 4.93. The second kappa shape index (κ2) is 4.97. The van der Waals surface area contributed by atoms with Gasteiger partial charge in [0.1, 0.15) is 12.9 Å². The minimum atomic E-state index is -0.239. The number of hydrogen-bond acceptors (Lipinski definition) is 2. The molecule has 0 aliphatic heterocycles. The van der Waals surface area contributed by atoms with E-state index in [1.165, 1.54) is 19.4 Å². The van der Waals surface area contributed by atoms with Gasteiger partial charge >= 0.3 is 0 Å². The Hall–Kier alpha value is -0.900. The van der Waals surface area contributed by atoms with Crippen LogP contribution in [0.4, 0.5) is 4.39 Å². The van der Waals surface area contributed by atoms with Crippen LogP contribution < -0.4 is 0 Å². The van der Waals surface area contributed by atoms with Crippen molar-refractivity contribution in [3.8, 4) is 0 Å². The molecule has 0 spiro atoms. The van der Waals surface area contributed by atoms with Gasteiger partial charge in [0, 0.05) is 17.1 Å². The first kappa shape index (κ1) is 10.2. The number of nitrogens with zero attached hydrogens (tertiary/aromatic N) is 1. The van der Waals surface area contributed by atoms with E-state index in [2.05, 4.69) is 25.9 Å². The summed E-state index contributed by atoms with van der Waals surface area (Å²) >= 11 is 3.18. The molecule has 0 aromatic heterocycles. The number of hydrogen-bond donors (Lipinski definition) is 0. The highest BCUT2D eigenvalue weighted by atomic mass is 79.9. The van der Waals surface area contributed by atoms with Gasteiger partial charge in [-0.2, -0.15) is 0 Å². The van der Waals surface area contributed by atoms with Gasteiger partial charge in [0.15, 0.2) is 0 Å². The summed E-state index contributed by atoms with van der Waals surface area (Å²) in [6.45, 7) is 0. The topological polar surface area (TPSA) is 21.6 Å². The van der Waals surface area contributed by atoms with Crippen LogP contribution in [-0.4, -0.2) is 13.3 Å². The summed E-state index contributed by atoms with van der Waals surface area (Å²) < 4.78 is 13.9. The van der Waals surface area contributed by atoms with Crippen molar-refractivity contribution in [1.82, 2.24) is 0 Å². The van der Waals surface area contributed by atoms with Crippen LogP contribution in [-0.2, 0) is 11.3 Å². The molecule has 13 heavy (non-hydrogen) atoms. The fraction of sp³-hybridized carbons (Fsp3) is 0.222. The smallest absolute Gasteiger partial charge is 0.127 e. The van der Waals surface area contributed by atoms with Gasteiger partial charge in [0.05, 0.1) is 0 Å². The molecular formula is C9H9BrFNO. The van der Waals surface area contributed by atoms with E-state index in [0.717, 1.165) is 4.47 Å². The van der Waals surface area contributed by atoms with Crippen molar-refractivity contribution < 1.29 is 9.23 Å². The van der Waals surface area contributed by atoms with E-state index in [1.807, 2.05) is 0 Å². The van der Waals surface area contributed by atoms with Crippen molar-refractivity contribution in [2.24, 2.45) is 5.16 Å². The van der Waals surface area contributed by atoms with Gasteiger partial charge in [-0.05, 0) is 17.7 Å². The Balaban J connectivity index is 2.72. The zero-order valence-corrected chi connectivity index (χ0v) is 8.71. The normalized spacial score (nSPS) is 10.7. The standard InChI is InChI=1S/C9H9BrFNO/c1-13-12-5-4-7-2-3-8(10)6-9(7)11/h2-3,5-6H,4H2,1H3. The third kappa shape index (κ3) is 3.14. The first-order valence-electron chi connectivity index (χ1n) is 3.73. The van der Waals surface area contributed by atoms with E-state index in [9.17, 15) is 4.39 Å². The highest BCUT2D eigenvalue weighted by Gasteiger charge is 2.00. The minimum Gasteiger partial charge on any atom is -0.399 e. The van der Waals surface area contributed by atoms with E-state index in [0.29, 0.717) is 12.0 Å². The molecule has 0 unspecified atom stereocenters. The quantitative estimate of drug-likeness (QED) is 0.593. The van der Waals surface area contributed by atoms with Crippen molar-refractivity contribution >= 4 is 22.1 Å². The van der Waals surface area contributed by atoms with Gasteiger partial charge in [-0.1, -0.05) is 27.2 Å². The van der Waals surface area contributed by atoms with Crippen LogP contribution in [0.15, 0.2) is 27.8 Å². The fourth-order valence-corrected chi connectivity index (χ4v) is 1.23. The summed E-state index contributed by atoms with van der Waals surface area (Å²) in [6.07, 6.45) is 1.96. The van der Waals surface area contributed by atoms with Crippen molar-refractivity contribution in [3.63, 3.8) is 0 Å². The van der Waals surface area contributed by atoms with Crippen LogP contribution in [0.1, 0.15) is 5.56 Å². The minimum absolute atomic E-state index is 0.239. The van der Waals surface area contributed by atoms with Gasteiger partial charge in [0.25, 0.3) is 0 Å². The second-order valence-electron chi connectivity index (χ2n) is 2.41. The van der Waals surface area contributed by atoms with Crippen LogP contribution in [0, 0.1) is 5.82 Å². The lowest BCUT2D eigenvalue weighted by Gasteiger charge is -1.98. The molecule has 4 heteroatoms. The number of rotatable bonds is 3. The van der Waals surface area contributed by atoms with Crippen LogP contribution in [0.25, 0.3) is 0 Å². The predicted octanol–water partition coefficient (Wildman–Crippen LogP) is 2.76. The molecule has 1 rings (SSSR count). The highest BCUT2D eigenvalue weighted by Crippen LogP contribution is 2.15. The Morgan fingerprint density at radius 2 is 2.38 bits per heavy atom. The maximum atomic E-state index is 13.1. The molecule has 0 amide bonds. The van der Waals surface area contributed by atoms with Gasteiger partial charge in [0.2, 0.25) is 0 Å². The third-order valence-corrected chi connectivity index (χ3v) is 2.00. The first-order chi connectivity index (χ1) is 6.24. The van der Waals surface area contributed by atoms with E-state index >= 15 is 0 Å². The van der Waals surface area contributed by atoms with E-state index in [-0.39, 0.29) is 5.82 Å². The van der Waals surface area contributed by atoms with Crippen LogP contribution >= 0.6 is 15.9 Å². The Morgan fingerprint density at radius 1 is 1.62 bits per heavy atom. The molecule has 0 aliphatic carbocycles. The summed E-state index contributed by atoms with van der Waals surface area (Å²) in [5.74, 6) is -0.239. The summed E-state index contributed by atoms with van der Waals surface area (Å²) in [5, 5.41) is 3.53. The molecule has 1 aromatic rings. The Bertz CT molecular complexity index is 314. The van der Waals surface area contributed by atoms with Crippen LogP contribution in [0.5, 0.6) is 0 Å². The molecule has 1 aromatic carbocycles. The molecule has 2 nitrogen and oxygen atoms in total. The van der Waals surface area contributed by atoms with Gasteiger partial charge in [-0.25, -0.2) is 4.39 Å². The van der Waals surface area contributed by atoms with Gasteiger partial charge in [-0.3, -0.25) is 0 Å². The molecule has 0 saturated carbocycles. The van der Waals surface area contributed by atoms with E-state index in [1.54, 1.807) is 12.1 Å². The Labute approximate surface area is 84.5 Å². The molecule has 0 radical (unpaired) electrons. The monoisotopic (exact) mass is 245 g/mol. The summed E-state index contributed by atoms with van der Waals surface area (Å²) in [4.78, 5) is 4.46. The van der Waals surface area contributed by atoms with E-state index < -0.39 is 0 Å². The van der Waals surface area contributed by atoms with Crippen molar-refractivity contribution in [2.45, 2.75) is 6.42 Å². The largest absolute Gasteiger partial charge is 0.399 e. The molecular weight excluding hydrogens is 237 g/mol. The average molecular weight is 246 g/mol. The summed E-state index contributed by atoms with van der Waals surface area (Å²) in [7, 11) is 1.45. The van der Waals surface area contributed by atoms with Crippen LogP contribution in [0.3, 0.4) is 0 Å². The molecule has 0 N–H and O–H groups in total. The number of benzene rings is 1.